The number of hydrogen-bond donors (Lipinski definition) is 1. The van der Waals surface area contributed by atoms with Crippen molar-refractivity contribution in [2.24, 2.45) is 0 Å². The molecule has 0 aliphatic heterocycles. The fourth-order valence-electron chi connectivity index (χ4n) is 2.42. The number of halogens is 2. The number of aryl methyl sites for hydroxylation is 2. The minimum Gasteiger partial charge on any atom is -0.305 e. The van der Waals surface area contributed by atoms with Crippen LogP contribution in [0.3, 0.4) is 0 Å². The minimum atomic E-state index is 0.0240. The maximum Gasteiger partial charge on any atom is 0.0837 e. The second kappa shape index (κ2) is 7.30. The average Bonchev–Trinajstić information content (AvgIpc) is 2.84. The Kier molecular flexibility index (Phi) is 5.68. The van der Waals surface area contributed by atoms with Gasteiger partial charge in [0.1, 0.15) is 0 Å². The van der Waals surface area contributed by atoms with E-state index in [1.54, 1.807) is 6.20 Å². The second-order valence-corrected chi connectivity index (χ2v) is 5.90. The van der Waals surface area contributed by atoms with Crippen molar-refractivity contribution in [3.63, 3.8) is 0 Å². The molecule has 21 heavy (non-hydrogen) atoms. The molecule has 1 aromatic heterocycles. The van der Waals surface area contributed by atoms with E-state index in [1.165, 1.54) is 0 Å². The van der Waals surface area contributed by atoms with Crippen LogP contribution in [0, 0.1) is 6.92 Å². The van der Waals surface area contributed by atoms with Gasteiger partial charge in [-0.3, -0.25) is 4.68 Å². The van der Waals surface area contributed by atoms with Crippen molar-refractivity contribution >= 4 is 23.2 Å². The molecule has 1 atom stereocenters. The van der Waals surface area contributed by atoms with Gasteiger partial charge in [-0.25, -0.2) is 0 Å². The Morgan fingerprint density at radius 2 is 2.00 bits per heavy atom. The van der Waals surface area contributed by atoms with E-state index in [0.717, 1.165) is 41.4 Å². The number of nitrogens with zero attached hydrogens (tertiary/aromatic N) is 2. The van der Waals surface area contributed by atoms with Gasteiger partial charge < -0.3 is 5.32 Å². The molecule has 0 spiro atoms. The number of benzene rings is 1. The average molecular weight is 326 g/mol. The van der Waals surface area contributed by atoms with Crippen LogP contribution in [0.4, 0.5) is 0 Å². The highest BCUT2D eigenvalue weighted by molar-refractivity contribution is 6.31. The first-order chi connectivity index (χ1) is 10.1. The largest absolute Gasteiger partial charge is 0.305 e. The van der Waals surface area contributed by atoms with Crippen LogP contribution in [0.5, 0.6) is 0 Å². The first-order valence-corrected chi connectivity index (χ1v) is 8.04. The molecule has 0 fully saturated rings. The molecule has 0 amide bonds. The Balaban J connectivity index is 2.46. The van der Waals surface area contributed by atoms with Crippen LogP contribution in [-0.2, 0) is 6.54 Å². The van der Waals surface area contributed by atoms with Crippen LogP contribution in [0.15, 0.2) is 24.4 Å². The van der Waals surface area contributed by atoms with Crippen LogP contribution in [0.2, 0.25) is 10.0 Å². The van der Waals surface area contributed by atoms with Gasteiger partial charge in [0.15, 0.2) is 0 Å². The van der Waals surface area contributed by atoms with Gasteiger partial charge in [-0.2, -0.15) is 5.10 Å². The number of rotatable bonds is 6. The third-order valence-electron chi connectivity index (χ3n) is 3.52. The van der Waals surface area contributed by atoms with Crippen LogP contribution in [0.25, 0.3) is 0 Å². The Bertz CT molecular complexity index is 608. The van der Waals surface area contributed by atoms with Crippen LogP contribution >= 0.6 is 23.2 Å². The van der Waals surface area contributed by atoms with Crippen molar-refractivity contribution in [1.82, 2.24) is 15.1 Å². The van der Waals surface area contributed by atoms with Crippen LogP contribution in [-0.4, -0.2) is 16.3 Å². The molecular formula is C16H21Cl2N3. The Morgan fingerprint density at radius 3 is 2.62 bits per heavy atom. The Morgan fingerprint density at radius 1 is 1.24 bits per heavy atom. The lowest BCUT2D eigenvalue weighted by atomic mass is 10.0. The normalized spacial score (nSPS) is 12.6. The van der Waals surface area contributed by atoms with Crippen molar-refractivity contribution < 1.29 is 0 Å². The smallest absolute Gasteiger partial charge is 0.0837 e. The van der Waals surface area contributed by atoms with Gasteiger partial charge in [-0.1, -0.05) is 42.3 Å². The summed E-state index contributed by atoms with van der Waals surface area (Å²) in [6.07, 6.45) is 2.77. The first-order valence-electron chi connectivity index (χ1n) is 7.29. The van der Waals surface area contributed by atoms with Crippen molar-refractivity contribution in [3.8, 4) is 0 Å². The molecular weight excluding hydrogens is 305 g/mol. The van der Waals surface area contributed by atoms with Crippen molar-refractivity contribution in [3.05, 3.63) is 51.3 Å². The van der Waals surface area contributed by atoms with Crippen molar-refractivity contribution in [1.29, 1.82) is 0 Å². The predicted octanol–water partition coefficient (Wildman–Crippen LogP) is 4.61. The van der Waals surface area contributed by atoms with Gasteiger partial charge in [0.05, 0.1) is 23.0 Å². The van der Waals surface area contributed by atoms with Gasteiger partial charge in [0.2, 0.25) is 0 Å². The van der Waals surface area contributed by atoms with E-state index < -0.39 is 0 Å². The summed E-state index contributed by atoms with van der Waals surface area (Å²) >= 11 is 12.5. The van der Waals surface area contributed by atoms with Crippen molar-refractivity contribution in [2.75, 3.05) is 6.54 Å². The molecule has 0 aliphatic rings. The molecule has 1 heterocycles. The zero-order chi connectivity index (χ0) is 15.4. The summed E-state index contributed by atoms with van der Waals surface area (Å²) in [5.41, 5.74) is 3.23. The van der Waals surface area contributed by atoms with Gasteiger partial charge in [-0.15, -0.1) is 0 Å². The zero-order valence-corrected chi connectivity index (χ0v) is 14.2. The molecule has 1 unspecified atom stereocenters. The number of nitrogens with one attached hydrogen (secondary N) is 1. The van der Waals surface area contributed by atoms with E-state index >= 15 is 0 Å². The van der Waals surface area contributed by atoms with Gasteiger partial charge in [0, 0.05) is 11.6 Å². The zero-order valence-electron chi connectivity index (χ0n) is 12.7. The van der Waals surface area contributed by atoms with Gasteiger partial charge in [-0.05, 0) is 44.0 Å². The molecule has 5 heteroatoms. The summed E-state index contributed by atoms with van der Waals surface area (Å²) in [6, 6.07) is 6.12. The first kappa shape index (κ1) is 16.3. The summed E-state index contributed by atoms with van der Waals surface area (Å²) < 4.78 is 1.94. The lowest BCUT2D eigenvalue weighted by Crippen LogP contribution is -2.26. The minimum absolute atomic E-state index is 0.0240. The fraction of sp³-hybridized carbons (Fsp3) is 0.438. The molecule has 0 radical (unpaired) electrons. The van der Waals surface area contributed by atoms with E-state index in [0.29, 0.717) is 5.02 Å². The standard InChI is InChI=1S/C16H21Cl2N3/c1-4-8-19-15(12-6-7-13(17)11(3)9-12)16-14(18)10-20-21(16)5-2/h6-7,9-10,15,19H,4-5,8H2,1-3H3. The summed E-state index contributed by atoms with van der Waals surface area (Å²) in [5.74, 6) is 0. The van der Waals surface area contributed by atoms with Gasteiger partial charge >= 0.3 is 0 Å². The molecule has 0 saturated carbocycles. The molecule has 0 saturated heterocycles. The van der Waals surface area contributed by atoms with E-state index in [-0.39, 0.29) is 6.04 Å². The molecule has 1 N–H and O–H groups in total. The van der Waals surface area contributed by atoms with Crippen LogP contribution in [0.1, 0.15) is 43.1 Å². The maximum absolute atomic E-state index is 6.37. The topological polar surface area (TPSA) is 29.9 Å². The molecule has 2 aromatic rings. The summed E-state index contributed by atoms with van der Waals surface area (Å²) in [5, 5.41) is 9.38. The third kappa shape index (κ3) is 3.60. The quantitative estimate of drug-likeness (QED) is 0.840. The molecule has 114 valence electrons. The highest BCUT2D eigenvalue weighted by Gasteiger charge is 2.21. The highest BCUT2D eigenvalue weighted by Crippen LogP contribution is 2.30. The molecule has 2 rings (SSSR count). The second-order valence-electron chi connectivity index (χ2n) is 5.09. The van der Waals surface area contributed by atoms with Crippen LogP contribution < -0.4 is 5.32 Å². The molecule has 1 aromatic carbocycles. The molecule has 3 nitrogen and oxygen atoms in total. The molecule has 0 bridgehead atoms. The Labute approximate surface area is 136 Å². The highest BCUT2D eigenvalue weighted by atomic mass is 35.5. The predicted molar refractivity (Wildman–Crippen MR) is 89.2 cm³/mol. The number of aromatic nitrogens is 2. The maximum atomic E-state index is 6.37. The van der Waals surface area contributed by atoms with E-state index in [4.69, 9.17) is 23.2 Å². The SMILES string of the molecule is CCCNC(c1ccc(Cl)c(C)c1)c1c(Cl)cnn1CC. The summed E-state index contributed by atoms with van der Waals surface area (Å²) in [7, 11) is 0. The summed E-state index contributed by atoms with van der Waals surface area (Å²) in [4.78, 5) is 0. The molecule has 0 aliphatic carbocycles. The third-order valence-corrected chi connectivity index (χ3v) is 4.24. The Hall–Kier alpha value is -1.03. The van der Waals surface area contributed by atoms with Gasteiger partial charge in [0.25, 0.3) is 0 Å². The summed E-state index contributed by atoms with van der Waals surface area (Å²) in [6.45, 7) is 7.94. The van der Waals surface area contributed by atoms with E-state index in [2.05, 4.69) is 30.3 Å². The lowest BCUT2D eigenvalue weighted by Gasteiger charge is -2.21. The van der Waals surface area contributed by atoms with E-state index in [9.17, 15) is 0 Å². The number of hydrogen-bond acceptors (Lipinski definition) is 2. The van der Waals surface area contributed by atoms with E-state index in [1.807, 2.05) is 23.7 Å². The monoisotopic (exact) mass is 325 g/mol. The lowest BCUT2D eigenvalue weighted by molar-refractivity contribution is 0.530. The van der Waals surface area contributed by atoms with Crippen molar-refractivity contribution in [2.45, 2.75) is 39.8 Å². The fourth-order valence-corrected chi connectivity index (χ4v) is 2.79.